The lowest BCUT2D eigenvalue weighted by Gasteiger charge is -2.16. The SMILES string of the molecule is Cc1cc(N(C)C(=O)CS)ccc1F. The third-order valence-corrected chi connectivity index (χ3v) is 2.31. The first-order valence-electron chi connectivity index (χ1n) is 4.20. The Morgan fingerprint density at radius 3 is 2.71 bits per heavy atom. The van der Waals surface area contributed by atoms with E-state index in [-0.39, 0.29) is 17.5 Å². The predicted molar refractivity (Wildman–Crippen MR) is 58.4 cm³/mol. The summed E-state index contributed by atoms with van der Waals surface area (Å²) in [6.45, 7) is 1.66. The molecule has 0 spiro atoms. The highest BCUT2D eigenvalue weighted by Crippen LogP contribution is 2.17. The van der Waals surface area contributed by atoms with Crippen LogP contribution in [-0.2, 0) is 4.79 Å². The van der Waals surface area contributed by atoms with E-state index < -0.39 is 0 Å². The van der Waals surface area contributed by atoms with Crippen molar-refractivity contribution in [3.05, 3.63) is 29.6 Å². The molecule has 1 aromatic carbocycles. The van der Waals surface area contributed by atoms with E-state index in [1.807, 2.05) is 0 Å². The number of hydrogen-bond acceptors (Lipinski definition) is 2. The van der Waals surface area contributed by atoms with Gasteiger partial charge in [0.15, 0.2) is 0 Å². The standard InChI is InChI=1S/C10H12FNOS/c1-7-5-8(3-4-9(7)11)12(2)10(13)6-14/h3-5,14H,6H2,1-2H3. The molecule has 0 aromatic heterocycles. The van der Waals surface area contributed by atoms with E-state index in [0.717, 1.165) is 0 Å². The van der Waals surface area contributed by atoms with E-state index in [1.54, 1.807) is 26.1 Å². The van der Waals surface area contributed by atoms with Crippen LogP contribution in [0.1, 0.15) is 5.56 Å². The van der Waals surface area contributed by atoms with Crippen molar-refractivity contribution in [2.45, 2.75) is 6.92 Å². The van der Waals surface area contributed by atoms with Gasteiger partial charge in [-0.25, -0.2) is 4.39 Å². The smallest absolute Gasteiger partial charge is 0.236 e. The first-order valence-corrected chi connectivity index (χ1v) is 4.83. The number of thiol groups is 1. The van der Waals surface area contributed by atoms with Gasteiger partial charge in [0, 0.05) is 12.7 Å². The molecule has 0 bridgehead atoms. The normalized spacial score (nSPS) is 10.0. The van der Waals surface area contributed by atoms with Crippen LogP contribution in [0.25, 0.3) is 0 Å². The van der Waals surface area contributed by atoms with Crippen LogP contribution in [0.4, 0.5) is 10.1 Å². The van der Waals surface area contributed by atoms with Gasteiger partial charge in [-0.2, -0.15) is 12.6 Å². The summed E-state index contributed by atoms with van der Waals surface area (Å²) in [6, 6.07) is 4.56. The van der Waals surface area contributed by atoms with E-state index in [1.165, 1.54) is 11.0 Å². The third kappa shape index (κ3) is 2.26. The third-order valence-electron chi connectivity index (χ3n) is 2.04. The number of carbonyl (C=O) groups is 1. The Morgan fingerprint density at radius 1 is 1.57 bits per heavy atom. The molecule has 1 rings (SSSR count). The minimum Gasteiger partial charge on any atom is -0.315 e. The van der Waals surface area contributed by atoms with Gasteiger partial charge in [-0.1, -0.05) is 0 Å². The van der Waals surface area contributed by atoms with E-state index in [9.17, 15) is 9.18 Å². The Hall–Kier alpha value is -1.03. The fourth-order valence-corrected chi connectivity index (χ4v) is 1.30. The maximum Gasteiger partial charge on any atom is 0.236 e. The Bertz CT molecular complexity index is 354. The molecule has 0 fully saturated rings. The van der Waals surface area contributed by atoms with E-state index >= 15 is 0 Å². The number of halogens is 1. The number of carbonyl (C=O) groups excluding carboxylic acids is 1. The molecule has 0 aliphatic heterocycles. The van der Waals surface area contributed by atoms with Gasteiger partial charge in [-0.3, -0.25) is 4.79 Å². The van der Waals surface area contributed by atoms with Gasteiger partial charge in [0.05, 0.1) is 5.75 Å². The molecule has 1 aromatic rings. The summed E-state index contributed by atoms with van der Waals surface area (Å²) in [5.41, 5.74) is 1.21. The highest BCUT2D eigenvalue weighted by atomic mass is 32.1. The summed E-state index contributed by atoms with van der Waals surface area (Å²) in [7, 11) is 1.64. The van der Waals surface area contributed by atoms with Gasteiger partial charge in [0.25, 0.3) is 0 Å². The number of anilines is 1. The molecule has 1 amide bonds. The van der Waals surface area contributed by atoms with Gasteiger partial charge >= 0.3 is 0 Å². The second kappa shape index (κ2) is 4.46. The molecule has 0 heterocycles. The van der Waals surface area contributed by atoms with Crippen LogP contribution in [-0.4, -0.2) is 18.7 Å². The Kier molecular flexibility index (Phi) is 3.52. The van der Waals surface area contributed by atoms with Crippen LogP contribution in [0.2, 0.25) is 0 Å². The molecule has 0 atom stereocenters. The highest BCUT2D eigenvalue weighted by molar-refractivity contribution is 7.81. The summed E-state index contributed by atoms with van der Waals surface area (Å²) in [6.07, 6.45) is 0. The number of benzene rings is 1. The zero-order chi connectivity index (χ0) is 10.7. The van der Waals surface area contributed by atoms with Gasteiger partial charge < -0.3 is 4.90 Å². The molecule has 2 nitrogen and oxygen atoms in total. The number of nitrogens with zero attached hydrogens (tertiary/aromatic N) is 1. The van der Waals surface area contributed by atoms with Gasteiger partial charge in [-0.15, -0.1) is 0 Å². The lowest BCUT2D eigenvalue weighted by Crippen LogP contribution is -2.27. The predicted octanol–water partition coefficient (Wildman–Crippen LogP) is 2.03. The molecule has 0 unspecified atom stereocenters. The topological polar surface area (TPSA) is 20.3 Å². The van der Waals surface area contributed by atoms with Crippen molar-refractivity contribution in [3.63, 3.8) is 0 Å². The quantitative estimate of drug-likeness (QED) is 0.745. The van der Waals surface area contributed by atoms with Crippen LogP contribution in [0.3, 0.4) is 0 Å². The average molecular weight is 213 g/mol. The summed E-state index contributed by atoms with van der Waals surface area (Å²) in [5, 5.41) is 0. The molecule has 0 radical (unpaired) electrons. The van der Waals surface area contributed by atoms with Crippen molar-refractivity contribution >= 4 is 24.2 Å². The first kappa shape index (κ1) is 11.0. The van der Waals surface area contributed by atoms with E-state index in [2.05, 4.69) is 12.6 Å². The van der Waals surface area contributed by atoms with Crippen molar-refractivity contribution in [2.75, 3.05) is 17.7 Å². The van der Waals surface area contributed by atoms with Crippen LogP contribution in [0.15, 0.2) is 18.2 Å². The zero-order valence-corrected chi connectivity index (χ0v) is 9.01. The molecule has 14 heavy (non-hydrogen) atoms. The second-order valence-corrected chi connectivity index (χ2v) is 3.36. The van der Waals surface area contributed by atoms with Crippen molar-refractivity contribution in [2.24, 2.45) is 0 Å². The lowest BCUT2D eigenvalue weighted by molar-refractivity contribution is -0.115. The number of hydrogen-bond donors (Lipinski definition) is 1. The number of amides is 1. The van der Waals surface area contributed by atoms with Crippen molar-refractivity contribution in [1.29, 1.82) is 0 Å². The van der Waals surface area contributed by atoms with Gasteiger partial charge in [-0.05, 0) is 30.7 Å². The van der Waals surface area contributed by atoms with Crippen molar-refractivity contribution in [3.8, 4) is 0 Å². The number of aryl methyl sites for hydroxylation is 1. The minimum absolute atomic E-state index is 0.112. The van der Waals surface area contributed by atoms with Crippen molar-refractivity contribution < 1.29 is 9.18 Å². The molecule has 0 aliphatic carbocycles. The summed E-state index contributed by atoms with van der Waals surface area (Å²) in [4.78, 5) is 12.7. The van der Waals surface area contributed by atoms with E-state index in [4.69, 9.17) is 0 Å². The Labute approximate surface area is 88.1 Å². The van der Waals surface area contributed by atoms with Gasteiger partial charge in [0.2, 0.25) is 5.91 Å². The molecule has 0 N–H and O–H groups in total. The van der Waals surface area contributed by atoms with Gasteiger partial charge in [0.1, 0.15) is 5.82 Å². The highest BCUT2D eigenvalue weighted by Gasteiger charge is 2.09. The molecule has 4 heteroatoms. The second-order valence-electron chi connectivity index (χ2n) is 3.04. The van der Waals surface area contributed by atoms with E-state index in [0.29, 0.717) is 11.3 Å². The molecule has 0 saturated carbocycles. The van der Waals surface area contributed by atoms with Crippen LogP contribution in [0, 0.1) is 12.7 Å². The Morgan fingerprint density at radius 2 is 2.21 bits per heavy atom. The summed E-state index contributed by atoms with van der Waals surface area (Å²) < 4.78 is 12.9. The summed E-state index contributed by atoms with van der Waals surface area (Å²) >= 11 is 3.89. The molecule has 0 aliphatic rings. The fourth-order valence-electron chi connectivity index (χ4n) is 1.09. The largest absolute Gasteiger partial charge is 0.315 e. The first-order chi connectivity index (χ1) is 6.56. The maximum atomic E-state index is 12.9. The summed E-state index contributed by atoms with van der Waals surface area (Å²) in [5.74, 6) is -0.229. The molecule has 76 valence electrons. The van der Waals surface area contributed by atoms with Crippen LogP contribution in [0.5, 0.6) is 0 Å². The van der Waals surface area contributed by atoms with Crippen LogP contribution >= 0.6 is 12.6 Å². The fraction of sp³-hybridized carbons (Fsp3) is 0.300. The number of rotatable bonds is 2. The lowest BCUT2D eigenvalue weighted by atomic mass is 10.2. The Balaban J connectivity index is 2.96. The maximum absolute atomic E-state index is 12.9. The molecule has 0 saturated heterocycles. The van der Waals surface area contributed by atoms with Crippen LogP contribution < -0.4 is 4.90 Å². The minimum atomic E-state index is -0.263. The monoisotopic (exact) mass is 213 g/mol. The van der Waals surface area contributed by atoms with Crippen molar-refractivity contribution in [1.82, 2.24) is 0 Å². The zero-order valence-electron chi connectivity index (χ0n) is 8.12. The average Bonchev–Trinajstić information content (AvgIpc) is 2.20. The molecular formula is C10H12FNOS. The molecular weight excluding hydrogens is 201 g/mol.